The van der Waals surface area contributed by atoms with Crippen LogP contribution in [0.15, 0.2) is 58.3 Å². The number of rotatable bonds is 10. The zero-order valence-electron chi connectivity index (χ0n) is 15.2. The SMILES string of the molecule is COP(=O)(Oc1ccc(Sc2ccc(OP(=S)(OC)OC)cc2)cc1)SC. The zero-order valence-corrected chi connectivity index (χ0v) is 19.4. The highest BCUT2D eigenvalue weighted by molar-refractivity contribution is 8.54. The third-order valence-corrected chi connectivity index (χ3v) is 10.0. The number of hydrogen-bond acceptors (Lipinski definition) is 9. The first-order valence-electron chi connectivity index (χ1n) is 7.55. The molecule has 1 atom stereocenters. The number of benzene rings is 2. The lowest BCUT2D eigenvalue weighted by atomic mass is 10.3. The lowest BCUT2D eigenvalue weighted by Gasteiger charge is -2.18. The van der Waals surface area contributed by atoms with Gasteiger partial charge in [0.15, 0.2) is 0 Å². The molecule has 0 aromatic heterocycles. The van der Waals surface area contributed by atoms with Crippen LogP contribution in [0.25, 0.3) is 0 Å². The van der Waals surface area contributed by atoms with Crippen LogP contribution >= 0.6 is 36.7 Å². The molecule has 11 heteroatoms. The minimum atomic E-state index is -3.14. The van der Waals surface area contributed by atoms with Crippen LogP contribution < -0.4 is 9.05 Å². The van der Waals surface area contributed by atoms with Crippen molar-refractivity contribution in [2.45, 2.75) is 9.79 Å². The highest BCUT2D eigenvalue weighted by atomic mass is 32.7. The van der Waals surface area contributed by atoms with Gasteiger partial charge in [0.25, 0.3) is 0 Å². The van der Waals surface area contributed by atoms with Gasteiger partial charge in [0.05, 0.1) is 0 Å². The van der Waals surface area contributed by atoms with Crippen LogP contribution in [-0.2, 0) is 29.9 Å². The van der Waals surface area contributed by atoms with E-state index >= 15 is 0 Å². The second kappa shape index (κ2) is 10.3. The van der Waals surface area contributed by atoms with E-state index in [-0.39, 0.29) is 0 Å². The molecule has 27 heavy (non-hydrogen) atoms. The van der Waals surface area contributed by atoms with Gasteiger partial charge in [0.1, 0.15) is 11.5 Å². The Balaban J connectivity index is 2.01. The largest absolute Gasteiger partial charge is 0.439 e. The molecule has 0 saturated heterocycles. The minimum Gasteiger partial charge on any atom is -0.424 e. The predicted molar refractivity (Wildman–Crippen MR) is 115 cm³/mol. The maximum atomic E-state index is 12.1. The fraction of sp³-hybridized carbons (Fsp3) is 0.250. The van der Waals surface area contributed by atoms with E-state index in [9.17, 15) is 4.57 Å². The van der Waals surface area contributed by atoms with E-state index in [2.05, 4.69) is 0 Å². The Morgan fingerprint density at radius 1 is 0.778 bits per heavy atom. The molecule has 0 aliphatic rings. The van der Waals surface area contributed by atoms with Gasteiger partial charge in [-0.1, -0.05) is 11.8 Å². The third-order valence-electron chi connectivity index (χ3n) is 3.21. The average Bonchev–Trinajstić information content (AvgIpc) is 2.70. The Hall–Kier alpha value is -0.500. The summed E-state index contributed by atoms with van der Waals surface area (Å²) in [6.45, 7) is -5.88. The molecule has 1 unspecified atom stereocenters. The maximum absolute atomic E-state index is 12.1. The van der Waals surface area contributed by atoms with Gasteiger partial charge in [0, 0.05) is 42.9 Å². The van der Waals surface area contributed by atoms with Crippen molar-refractivity contribution in [3.8, 4) is 11.5 Å². The molecule has 6 nitrogen and oxygen atoms in total. The molecule has 0 heterocycles. The fourth-order valence-electron chi connectivity index (χ4n) is 1.83. The second-order valence-corrected chi connectivity index (χ2v) is 13.4. The molecule has 0 N–H and O–H groups in total. The van der Waals surface area contributed by atoms with Crippen LogP contribution in [0.3, 0.4) is 0 Å². The summed E-state index contributed by atoms with van der Waals surface area (Å²) in [4.78, 5) is 2.03. The van der Waals surface area contributed by atoms with Crippen molar-refractivity contribution in [3.05, 3.63) is 48.5 Å². The summed E-state index contributed by atoms with van der Waals surface area (Å²) in [5, 5.41) is 0. The van der Waals surface area contributed by atoms with E-state index < -0.39 is 13.5 Å². The topological polar surface area (TPSA) is 63.2 Å². The number of hydrogen-bond donors (Lipinski definition) is 0. The van der Waals surface area contributed by atoms with Crippen molar-refractivity contribution in [1.29, 1.82) is 0 Å². The summed E-state index contributed by atoms with van der Waals surface area (Å²) in [5.74, 6) is 1.08. The molecule has 0 aliphatic heterocycles. The van der Waals surface area contributed by atoms with Gasteiger partial charge in [-0.05, 0) is 66.2 Å². The molecule has 2 rings (SSSR count). The van der Waals surface area contributed by atoms with Crippen LogP contribution in [0.1, 0.15) is 0 Å². The lowest BCUT2D eigenvalue weighted by molar-refractivity contribution is 0.273. The molecular weight excluding hydrogens is 446 g/mol. The molecule has 2 aromatic rings. The van der Waals surface area contributed by atoms with E-state index in [1.165, 1.54) is 21.3 Å². The summed E-state index contributed by atoms with van der Waals surface area (Å²) in [5.41, 5.74) is 0. The zero-order chi connectivity index (χ0) is 19.9. The lowest BCUT2D eigenvalue weighted by Crippen LogP contribution is -1.96. The summed E-state index contributed by atoms with van der Waals surface area (Å²) >= 11 is 7.81. The quantitative estimate of drug-likeness (QED) is 0.379. The summed E-state index contributed by atoms with van der Waals surface area (Å²) in [6, 6.07) is 14.8. The summed E-state index contributed by atoms with van der Waals surface area (Å²) in [7, 11) is 4.30. The van der Waals surface area contributed by atoms with Gasteiger partial charge in [-0.2, -0.15) is 0 Å². The summed E-state index contributed by atoms with van der Waals surface area (Å²) in [6.07, 6.45) is 1.68. The van der Waals surface area contributed by atoms with Crippen molar-refractivity contribution in [2.75, 3.05) is 27.6 Å². The van der Waals surface area contributed by atoms with Gasteiger partial charge in [0.2, 0.25) is 0 Å². The van der Waals surface area contributed by atoms with Crippen molar-refractivity contribution >= 4 is 48.5 Å². The molecule has 148 valence electrons. The van der Waals surface area contributed by atoms with Crippen LogP contribution in [0.4, 0.5) is 0 Å². The molecular formula is C16H20O6P2S3. The van der Waals surface area contributed by atoms with Crippen LogP contribution in [0.2, 0.25) is 0 Å². The molecule has 0 fully saturated rings. The Bertz CT molecular complexity index is 744. The Morgan fingerprint density at radius 2 is 1.22 bits per heavy atom. The Kier molecular flexibility index (Phi) is 8.71. The van der Waals surface area contributed by atoms with Gasteiger partial charge in [-0.3, -0.25) is 4.52 Å². The Morgan fingerprint density at radius 3 is 1.59 bits per heavy atom. The van der Waals surface area contributed by atoms with Crippen LogP contribution in [0, 0.1) is 0 Å². The normalized spacial score (nSPS) is 13.8. The van der Waals surface area contributed by atoms with E-state index in [1.54, 1.807) is 30.2 Å². The standard InChI is InChI=1S/C16H20O6P2S3/c1-18-23(17,26-4)21-13-5-9-15(10-6-13)27-16-11-7-14(8-12-16)22-24(25,19-2)20-3/h5-12H,1-4H3. The fourth-order valence-corrected chi connectivity index (χ4v) is 5.19. The van der Waals surface area contributed by atoms with Crippen molar-refractivity contribution in [3.63, 3.8) is 0 Å². The van der Waals surface area contributed by atoms with E-state index in [0.717, 1.165) is 21.2 Å². The van der Waals surface area contributed by atoms with Crippen LogP contribution in [0.5, 0.6) is 11.5 Å². The summed E-state index contributed by atoms with van der Waals surface area (Å²) < 4.78 is 38.3. The van der Waals surface area contributed by atoms with E-state index in [4.69, 9.17) is 34.4 Å². The second-order valence-electron chi connectivity index (χ2n) is 4.85. The molecule has 0 saturated carbocycles. The van der Waals surface area contributed by atoms with Crippen molar-refractivity contribution in [2.24, 2.45) is 0 Å². The van der Waals surface area contributed by atoms with Crippen molar-refractivity contribution < 1.29 is 27.2 Å². The molecule has 0 bridgehead atoms. The molecule has 0 aliphatic carbocycles. The smallest absolute Gasteiger partial charge is 0.424 e. The van der Waals surface area contributed by atoms with E-state index in [1.807, 2.05) is 36.4 Å². The average molecular weight is 466 g/mol. The van der Waals surface area contributed by atoms with Crippen LogP contribution in [-0.4, -0.2) is 27.6 Å². The molecule has 2 aromatic carbocycles. The van der Waals surface area contributed by atoms with Gasteiger partial charge < -0.3 is 18.1 Å². The first-order chi connectivity index (χ1) is 12.8. The van der Waals surface area contributed by atoms with E-state index in [0.29, 0.717) is 11.5 Å². The van der Waals surface area contributed by atoms with Gasteiger partial charge in [-0.25, -0.2) is 4.57 Å². The van der Waals surface area contributed by atoms with Gasteiger partial charge in [-0.15, -0.1) is 0 Å². The first-order valence-corrected chi connectivity index (χ1v) is 14.3. The molecule has 0 amide bonds. The first kappa shape index (κ1) is 22.8. The van der Waals surface area contributed by atoms with Crippen molar-refractivity contribution in [1.82, 2.24) is 0 Å². The monoisotopic (exact) mass is 466 g/mol. The molecule has 0 radical (unpaired) electrons. The van der Waals surface area contributed by atoms with Gasteiger partial charge >= 0.3 is 13.5 Å². The molecule has 0 spiro atoms. The highest BCUT2D eigenvalue weighted by Gasteiger charge is 2.23. The Labute approximate surface area is 172 Å². The predicted octanol–water partition coefficient (Wildman–Crippen LogP) is 6.23. The third kappa shape index (κ3) is 6.80. The maximum Gasteiger partial charge on any atom is 0.439 e. The minimum absolute atomic E-state index is 0.493. The highest BCUT2D eigenvalue weighted by Crippen LogP contribution is 2.58.